The van der Waals surface area contributed by atoms with Crippen molar-refractivity contribution in [3.63, 3.8) is 0 Å². The van der Waals surface area contributed by atoms with Gasteiger partial charge in [-0.05, 0) is 42.4 Å². The minimum Gasteiger partial charge on any atom is -0.384 e. The summed E-state index contributed by atoms with van der Waals surface area (Å²) < 4.78 is 0. The van der Waals surface area contributed by atoms with Gasteiger partial charge in [0.15, 0.2) is 0 Å². The van der Waals surface area contributed by atoms with E-state index in [4.69, 9.17) is 11.5 Å². The highest BCUT2D eigenvalue weighted by atomic mass is 14.8. The number of hydrogen-bond acceptors (Lipinski definition) is 3. The standard InChI is InChI=1S/C14H21N3/c1-9-3-4-10(2)12(5-9)13-8-17-14(16)6-11(13)7-15/h6,8-9,12H,2-5,7,15H2,1H3,(H2,16,17). The molecule has 1 saturated carbocycles. The van der Waals surface area contributed by atoms with Crippen LogP contribution in [0.4, 0.5) is 5.82 Å². The molecule has 1 aliphatic carbocycles. The van der Waals surface area contributed by atoms with E-state index in [0.717, 1.165) is 24.3 Å². The first-order valence-corrected chi connectivity index (χ1v) is 6.23. The van der Waals surface area contributed by atoms with Crippen molar-refractivity contribution in [1.82, 2.24) is 4.98 Å². The first kappa shape index (κ1) is 12.1. The molecule has 1 fully saturated rings. The number of anilines is 1. The number of nitrogens with zero attached hydrogens (tertiary/aromatic N) is 1. The molecule has 0 bridgehead atoms. The minimum atomic E-state index is 0.408. The highest BCUT2D eigenvalue weighted by Gasteiger charge is 2.25. The van der Waals surface area contributed by atoms with Crippen LogP contribution in [0.5, 0.6) is 0 Å². The van der Waals surface area contributed by atoms with E-state index in [1.54, 1.807) is 0 Å². The number of rotatable bonds is 2. The monoisotopic (exact) mass is 231 g/mol. The van der Waals surface area contributed by atoms with Crippen molar-refractivity contribution in [3.05, 3.63) is 35.5 Å². The summed E-state index contributed by atoms with van der Waals surface area (Å²) in [7, 11) is 0. The van der Waals surface area contributed by atoms with Crippen LogP contribution in [0.25, 0.3) is 0 Å². The van der Waals surface area contributed by atoms with E-state index in [2.05, 4.69) is 18.5 Å². The van der Waals surface area contributed by atoms with Crippen LogP contribution < -0.4 is 11.5 Å². The number of allylic oxidation sites excluding steroid dienone is 1. The predicted molar refractivity (Wildman–Crippen MR) is 71.4 cm³/mol. The molecule has 4 N–H and O–H groups in total. The summed E-state index contributed by atoms with van der Waals surface area (Å²) in [6.07, 6.45) is 5.39. The lowest BCUT2D eigenvalue weighted by Crippen LogP contribution is -2.17. The molecule has 1 aromatic rings. The van der Waals surface area contributed by atoms with Crippen molar-refractivity contribution in [2.75, 3.05) is 5.73 Å². The molecular weight excluding hydrogens is 210 g/mol. The summed E-state index contributed by atoms with van der Waals surface area (Å²) >= 11 is 0. The highest BCUT2D eigenvalue weighted by molar-refractivity contribution is 5.41. The summed E-state index contributed by atoms with van der Waals surface area (Å²) in [4.78, 5) is 4.20. The van der Waals surface area contributed by atoms with Gasteiger partial charge in [-0.2, -0.15) is 0 Å². The molecule has 0 amide bonds. The van der Waals surface area contributed by atoms with E-state index in [1.165, 1.54) is 17.6 Å². The second-order valence-corrected chi connectivity index (χ2v) is 5.10. The fraction of sp³-hybridized carbons (Fsp3) is 0.500. The van der Waals surface area contributed by atoms with E-state index in [9.17, 15) is 0 Å². The fourth-order valence-electron chi connectivity index (χ4n) is 2.66. The number of hydrogen-bond donors (Lipinski definition) is 2. The van der Waals surface area contributed by atoms with Gasteiger partial charge in [0, 0.05) is 18.7 Å². The summed E-state index contributed by atoms with van der Waals surface area (Å²) in [5, 5.41) is 0. The van der Waals surface area contributed by atoms with Crippen LogP contribution >= 0.6 is 0 Å². The molecule has 0 aliphatic heterocycles. The van der Waals surface area contributed by atoms with E-state index in [-0.39, 0.29) is 0 Å². The molecule has 1 aliphatic rings. The third kappa shape index (κ3) is 2.50. The van der Waals surface area contributed by atoms with E-state index in [1.807, 2.05) is 12.3 Å². The second kappa shape index (κ2) is 4.88. The van der Waals surface area contributed by atoms with Crippen LogP contribution in [-0.4, -0.2) is 4.98 Å². The van der Waals surface area contributed by atoms with Gasteiger partial charge in [0.2, 0.25) is 0 Å². The Balaban J connectivity index is 2.34. The maximum absolute atomic E-state index is 5.79. The zero-order chi connectivity index (χ0) is 12.4. The van der Waals surface area contributed by atoms with Crippen molar-refractivity contribution in [1.29, 1.82) is 0 Å². The van der Waals surface area contributed by atoms with Gasteiger partial charge in [-0.15, -0.1) is 0 Å². The second-order valence-electron chi connectivity index (χ2n) is 5.10. The van der Waals surface area contributed by atoms with Gasteiger partial charge >= 0.3 is 0 Å². The highest BCUT2D eigenvalue weighted by Crippen LogP contribution is 2.40. The number of nitrogens with two attached hydrogens (primary N) is 2. The van der Waals surface area contributed by atoms with Gasteiger partial charge in [-0.1, -0.05) is 19.1 Å². The maximum Gasteiger partial charge on any atom is 0.123 e. The fourth-order valence-corrected chi connectivity index (χ4v) is 2.66. The molecule has 92 valence electrons. The molecule has 3 nitrogen and oxygen atoms in total. The van der Waals surface area contributed by atoms with E-state index < -0.39 is 0 Å². The van der Waals surface area contributed by atoms with Crippen LogP contribution in [0, 0.1) is 5.92 Å². The molecular formula is C14H21N3. The molecule has 0 saturated heterocycles. The van der Waals surface area contributed by atoms with Gasteiger partial charge in [-0.3, -0.25) is 0 Å². The lowest BCUT2D eigenvalue weighted by Gasteiger charge is -2.30. The Hall–Kier alpha value is -1.35. The average Bonchev–Trinajstić information content (AvgIpc) is 2.32. The molecule has 2 rings (SSSR count). The maximum atomic E-state index is 5.79. The minimum absolute atomic E-state index is 0.408. The zero-order valence-electron chi connectivity index (χ0n) is 10.4. The first-order chi connectivity index (χ1) is 8.11. The third-order valence-electron chi connectivity index (χ3n) is 3.73. The molecule has 3 heteroatoms. The average molecular weight is 231 g/mol. The van der Waals surface area contributed by atoms with Crippen molar-refractivity contribution >= 4 is 5.82 Å². The molecule has 0 spiro atoms. The van der Waals surface area contributed by atoms with Gasteiger partial charge in [0.25, 0.3) is 0 Å². The van der Waals surface area contributed by atoms with E-state index >= 15 is 0 Å². The smallest absolute Gasteiger partial charge is 0.123 e. The Morgan fingerprint density at radius 3 is 3.00 bits per heavy atom. The Bertz CT molecular complexity index is 425. The summed E-state index contributed by atoms with van der Waals surface area (Å²) in [5.74, 6) is 1.70. The van der Waals surface area contributed by atoms with Crippen LogP contribution in [0.1, 0.15) is 43.2 Å². The number of aromatic nitrogens is 1. The zero-order valence-corrected chi connectivity index (χ0v) is 10.4. The lowest BCUT2D eigenvalue weighted by molar-refractivity contribution is 0.408. The summed E-state index contributed by atoms with van der Waals surface area (Å²) in [6, 6.07) is 1.89. The normalized spacial score (nSPS) is 24.9. The molecule has 17 heavy (non-hydrogen) atoms. The Kier molecular flexibility index (Phi) is 3.48. The van der Waals surface area contributed by atoms with Crippen molar-refractivity contribution in [3.8, 4) is 0 Å². The first-order valence-electron chi connectivity index (χ1n) is 6.23. The number of nitrogen functional groups attached to an aromatic ring is 1. The predicted octanol–water partition coefficient (Wildman–Crippen LogP) is 2.58. The molecule has 0 radical (unpaired) electrons. The summed E-state index contributed by atoms with van der Waals surface area (Å²) in [6.45, 7) is 7.02. The molecule has 1 aromatic heterocycles. The Morgan fingerprint density at radius 2 is 2.29 bits per heavy atom. The quantitative estimate of drug-likeness (QED) is 0.769. The van der Waals surface area contributed by atoms with Gasteiger partial charge in [0.05, 0.1) is 0 Å². The lowest BCUT2D eigenvalue weighted by atomic mass is 9.75. The largest absolute Gasteiger partial charge is 0.384 e. The van der Waals surface area contributed by atoms with Crippen LogP contribution in [-0.2, 0) is 6.54 Å². The van der Waals surface area contributed by atoms with Gasteiger partial charge < -0.3 is 11.5 Å². The number of pyridine rings is 1. The molecule has 0 aromatic carbocycles. The van der Waals surface area contributed by atoms with Crippen molar-refractivity contribution in [2.45, 2.75) is 38.6 Å². The molecule has 2 unspecified atom stereocenters. The van der Waals surface area contributed by atoms with Crippen LogP contribution in [0.2, 0.25) is 0 Å². The topological polar surface area (TPSA) is 64.9 Å². The Morgan fingerprint density at radius 1 is 1.53 bits per heavy atom. The van der Waals surface area contributed by atoms with E-state index in [0.29, 0.717) is 18.3 Å². The van der Waals surface area contributed by atoms with Crippen LogP contribution in [0.3, 0.4) is 0 Å². The van der Waals surface area contributed by atoms with Gasteiger partial charge in [-0.25, -0.2) is 4.98 Å². The Labute approximate surface area is 103 Å². The van der Waals surface area contributed by atoms with Crippen molar-refractivity contribution < 1.29 is 0 Å². The third-order valence-corrected chi connectivity index (χ3v) is 3.73. The summed E-state index contributed by atoms with van der Waals surface area (Å²) in [5.41, 5.74) is 15.1. The molecule has 1 heterocycles. The SMILES string of the molecule is C=C1CCC(C)CC1c1cnc(N)cc1CN. The van der Waals surface area contributed by atoms with Gasteiger partial charge in [0.1, 0.15) is 5.82 Å². The van der Waals surface area contributed by atoms with Crippen molar-refractivity contribution in [2.24, 2.45) is 11.7 Å². The molecule has 2 atom stereocenters. The van der Waals surface area contributed by atoms with Crippen LogP contribution in [0.15, 0.2) is 24.4 Å².